The summed E-state index contributed by atoms with van der Waals surface area (Å²) in [6.45, 7) is 1.83. The maximum absolute atomic E-state index is 12.5. The third-order valence-electron chi connectivity index (χ3n) is 4.72. The number of likely N-dealkylation sites (N-methyl/N-ethyl adjacent to an activating group) is 1. The summed E-state index contributed by atoms with van der Waals surface area (Å²) in [6.07, 6.45) is 2.17. The number of hydrogen-bond donors (Lipinski definition) is 1. The van der Waals surface area contributed by atoms with Crippen molar-refractivity contribution in [3.63, 3.8) is 0 Å². The number of carbonyl (C=O) groups is 2. The van der Waals surface area contributed by atoms with E-state index < -0.39 is 5.60 Å². The van der Waals surface area contributed by atoms with Crippen LogP contribution in [-0.4, -0.2) is 59.2 Å². The van der Waals surface area contributed by atoms with E-state index in [1.165, 1.54) is 0 Å². The van der Waals surface area contributed by atoms with E-state index in [0.29, 0.717) is 31.6 Å². The second kappa shape index (κ2) is 6.10. The van der Waals surface area contributed by atoms with Gasteiger partial charge in [0.25, 0.3) is 0 Å². The Balaban J connectivity index is 1.63. The Morgan fingerprint density at radius 3 is 2.78 bits per heavy atom. The van der Waals surface area contributed by atoms with E-state index in [2.05, 4.69) is 0 Å². The van der Waals surface area contributed by atoms with Crippen molar-refractivity contribution in [2.24, 2.45) is 0 Å². The number of para-hydroxylation sites is 1. The number of aromatic hydroxyl groups is 1. The Bertz CT molecular complexity index is 618. The van der Waals surface area contributed by atoms with E-state index in [1.54, 1.807) is 30.1 Å². The van der Waals surface area contributed by atoms with Crippen LogP contribution in [-0.2, 0) is 16.0 Å². The van der Waals surface area contributed by atoms with Gasteiger partial charge in [0.2, 0.25) is 5.91 Å². The second-order valence-corrected chi connectivity index (χ2v) is 6.45. The summed E-state index contributed by atoms with van der Waals surface area (Å²) in [7, 11) is 1.74. The minimum Gasteiger partial charge on any atom is -0.508 e. The van der Waals surface area contributed by atoms with Crippen LogP contribution in [0.2, 0.25) is 0 Å². The summed E-state index contributed by atoms with van der Waals surface area (Å²) >= 11 is 0. The summed E-state index contributed by atoms with van der Waals surface area (Å²) in [5.74, 6) is 0.153. The number of benzene rings is 1. The highest BCUT2D eigenvalue weighted by molar-refractivity contribution is 5.79. The van der Waals surface area contributed by atoms with Crippen molar-refractivity contribution in [1.29, 1.82) is 0 Å². The van der Waals surface area contributed by atoms with Gasteiger partial charge in [0.1, 0.15) is 11.4 Å². The first-order valence-electron chi connectivity index (χ1n) is 7.98. The molecule has 2 saturated heterocycles. The number of likely N-dealkylation sites (tertiary alicyclic amines) is 1. The molecular weight excluding hydrogens is 296 g/mol. The van der Waals surface area contributed by atoms with Crippen molar-refractivity contribution in [1.82, 2.24) is 9.80 Å². The lowest BCUT2D eigenvalue weighted by atomic mass is 9.95. The van der Waals surface area contributed by atoms with Gasteiger partial charge in [0, 0.05) is 32.1 Å². The quantitative estimate of drug-likeness (QED) is 0.902. The number of phenols is 1. The Kier molecular flexibility index (Phi) is 4.15. The average Bonchev–Trinajstić information content (AvgIpc) is 2.69. The molecule has 2 aliphatic heterocycles. The van der Waals surface area contributed by atoms with Gasteiger partial charge in [-0.25, -0.2) is 4.79 Å². The number of hydrogen-bond acceptors (Lipinski definition) is 4. The van der Waals surface area contributed by atoms with Crippen LogP contribution in [0.3, 0.4) is 0 Å². The van der Waals surface area contributed by atoms with Crippen LogP contribution in [0, 0.1) is 0 Å². The molecule has 6 heteroatoms. The second-order valence-electron chi connectivity index (χ2n) is 6.45. The van der Waals surface area contributed by atoms with Crippen molar-refractivity contribution in [2.75, 3.05) is 26.7 Å². The third kappa shape index (κ3) is 3.25. The van der Waals surface area contributed by atoms with Gasteiger partial charge in [-0.1, -0.05) is 18.2 Å². The maximum Gasteiger partial charge on any atom is 0.410 e. The molecule has 1 N–H and O–H groups in total. The lowest BCUT2D eigenvalue weighted by molar-refractivity contribution is -0.130. The first-order valence-corrected chi connectivity index (χ1v) is 7.98. The van der Waals surface area contributed by atoms with Gasteiger partial charge in [-0.2, -0.15) is 0 Å². The fraction of sp³-hybridized carbons (Fsp3) is 0.529. The van der Waals surface area contributed by atoms with Crippen molar-refractivity contribution in [3.8, 4) is 5.75 Å². The number of ether oxygens (including phenoxy) is 1. The van der Waals surface area contributed by atoms with Gasteiger partial charge in [-0.15, -0.1) is 0 Å². The smallest absolute Gasteiger partial charge is 0.410 e. The third-order valence-corrected chi connectivity index (χ3v) is 4.72. The molecular formula is C17H22N2O4. The fourth-order valence-electron chi connectivity index (χ4n) is 3.40. The topological polar surface area (TPSA) is 70.1 Å². The molecule has 3 rings (SSSR count). The van der Waals surface area contributed by atoms with E-state index in [-0.39, 0.29) is 24.2 Å². The molecule has 124 valence electrons. The molecule has 0 radical (unpaired) electrons. The van der Waals surface area contributed by atoms with Crippen LogP contribution < -0.4 is 0 Å². The molecule has 0 saturated carbocycles. The van der Waals surface area contributed by atoms with E-state index in [0.717, 1.165) is 12.8 Å². The van der Waals surface area contributed by atoms with Crippen molar-refractivity contribution in [2.45, 2.75) is 31.3 Å². The zero-order valence-corrected chi connectivity index (χ0v) is 13.3. The van der Waals surface area contributed by atoms with Crippen LogP contribution in [0.5, 0.6) is 5.75 Å². The van der Waals surface area contributed by atoms with Gasteiger partial charge in [0.05, 0.1) is 13.0 Å². The minimum atomic E-state index is -0.449. The standard InChI is InChI=1S/C17H22N2O4/c1-18-12-17(23-16(18)22)7-4-9-19(10-8-17)15(21)11-13-5-2-3-6-14(13)20/h2-3,5-6,20H,4,7-12H2,1H3. The van der Waals surface area contributed by atoms with Crippen LogP contribution >= 0.6 is 0 Å². The van der Waals surface area contributed by atoms with Gasteiger partial charge < -0.3 is 19.6 Å². The normalized spacial score (nSPS) is 24.7. The molecule has 0 aromatic heterocycles. The van der Waals surface area contributed by atoms with Gasteiger partial charge >= 0.3 is 6.09 Å². The predicted molar refractivity (Wildman–Crippen MR) is 84.1 cm³/mol. The first kappa shape index (κ1) is 15.6. The molecule has 1 spiro atoms. The summed E-state index contributed by atoms with van der Waals surface area (Å²) in [5, 5.41) is 9.81. The molecule has 2 aliphatic rings. The molecule has 1 aromatic carbocycles. The summed E-state index contributed by atoms with van der Waals surface area (Å²) in [6, 6.07) is 6.91. The van der Waals surface area contributed by atoms with Crippen molar-refractivity contribution >= 4 is 12.0 Å². The SMILES string of the molecule is CN1CC2(CCCN(C(=O)Cc3ccccc3O)CC2)OC1=O. The predicted octanol–water partition coefficient (Wildman–Crippen LogP) is 1.77. The van der Waals surface area contributed by atoms with Gasteiger partial charge in [-0.05, 0) is 18.9 Å². The van der Waals surface area contributed by atoms with Gasteiger partial charge in [-0.3, -0.25) is 4.79 Å². The highest BCUT2D eigenvalue weighted by atomic mass is 16.6. The zero-order valence-electron chi connectivity index (χ0n) is 13.3. The van der Waals surface area contributed by atoms with E-state index in [1.807, 2.05) is 11.0 Å². The first-order chi connectivity index (χ1) is 11.0. The highest BCUT2D eigenvalue weighted by Crippen LogP contribution is 2.32. The lowest BCUT2D eigenvalue weighted by Crippen LogP contribution is -2.37. The molecule has 6 nitrogen and oxygen atoms in total. The molecule has 1 atom stereocenters. The molecule has 0 bridgehead atoms. The number of amides is 2. The highest BCUT2D eigenvalue weighted by Gasteiger charge is 2.44. The number of phenolic OH excluding ortho intramolecular Hbond substituents is 1. The van der Waals surface area contributed by atoms with Crippen LogP contribution in [0.25, 0.3) is 0 Å². The number of carbonyl (C=O) groups excluding carboxylic acids is 2. The van der Waals surface area contributed by atoms with Crippen LogP contribution in [0.15, 0.2) is 24.3 Å². The summed E-state index contributed by atoms with van der Waals surface area (Å²) in [5.41, 5.74) is 0.193. The lowest BCUT2D eigenvalue weighted by Gasteiger charge is -2.25. The molecule has 0 aliphatic carbocycles. The maximum atomic E-state index is 12.5. The molecule has 1 aromatic rings. The van der Waals surface area contributed by atoms with Crippen LogP contribution in [0.4, 0.5) is 4.79 Å². The Hall–Kier alpha value is -2.24. The molecule has 2 fully saturated rings. The van der Waals surface area contributed by atoms with E-state index in [9.17, 15) is 14.7 Å². The van der Waals surface area contributed by atoms with E-state index in [4.69, 9.17) is 4.74 Å². The molecule has 1 unspecified atom stereocenters. The molecule has 2 heterocycles. The molecule has 2 amide bonds. The number of nitrogens with zero attached hydrogens (tertiary/aromatic N) is 2. The summed E-state index contributed by atoms with van der Waals surface area (Å²) < 4.78 is 5.56. The van der Waals surface area contributed by atoms with Crippen LogP contribution in [0.1, 0.15) is 24.8 Å². The molecule has 23 heavy (non-hydrogen) atoms. The Labute approximate surface area is 135 Å². The Morgan fingerprint density at radius 2 is 2.09 bits per heavy atom. The largest absolute Gasteiger partial charge is 0.508 e. The minimum absolute atomic E-state index is 0.00114. The van der Waals surface area contributed by atoms with Crippen molar-refractivity contribution in [3.05, 3.63) is 29.8 Å². The van der Waals surface area contributed by atoms with Gasteiger partial charge in [0.15, 0.2) is 0 Å². The summed E-state index contributed by atoms with van der Waals surface area (Å²) in [4.78, 5) is 27.6. The van der Waals surface area contributed by atoms with E-state index >= 15 is 0 Å². The Morgan fingerprint density at radius 1 is 1.30 bits per heavy atom. The monoisotopic (exact) mass is 318 g/mol. The fourth-order valence-corrected chi connectivity index (χ4v) is 3.40. The average molecular weight is 318 g/mol. The van der Waals surface area contributed by atoms with Crippen molar-refractivity contribution < 1.29 is 19.4 Å². The number of rotatable bonds is 2. The zero-order chi connectivity index (χ0) is 16.4.